The molecule has 1 rings (SSSR count). The molecule has 142 valence electrons. The monoisotopic (exact) mass is 367 g/mol. The average molecular weight is 368 g/mol. The molecule has 0 fully saturated rings. The number of amides is 1. The molecular weight excluding hydrogens is 334 g/mol. The minimum absolute atomic E-state index is 0.158. The van der Waals surface area contributed by atoms with Crippen molar-refractivity contribution in [3.63, 3.8) is 0 Å². The summed E-state index contributed by atoms with van der Waals surface area (Å²) >= 11 is 0. The number of benzene rings is 1. The number of carbonyl (C=O) groups excluding carboxylic acids is 1. The third-order valence-electron chi connectivity index (χ3n) is 3.90. The lowest BCUT2D eigenvalue weighted by molar-refractivity contribution is -0.118. The Morgan fingerprint density at radius 2 is 1.48 bits per heavy atom. The highest BCUT2D eigenvalue weighted by Crippen LogP contribution is 2.21. The summed E-state index contributed by atoms with van der Waals surface area (Å²) in [7, 11) is -2.59. The van der Waals surface area contributed by atoms with Crippen molar-refractivity contribution in [2.75, 3.05) is 31.3 Å². The molecule has 5 nitrogen and oxygen atoms in total. The topological polar surface area (TPSA) is 48.0 Å². The van der Waals surface area contributed by atoms with Crippen LogP contribution in [0.1, 0.15) is 47.0 Å². The van der Waals surface area contributed by atoms with Crippen molar-refractivity contribution in [3.05, 3.63) is 30.3 Å². The second kappa shape index (κ2) is 12.2. The maximum Gasteiger partial charge on any atom is 0.500 e. The molecule has 0 atom stereocenters. The van der Waals surface area contributed by atoms with Gasteiger partial charge in [-0.2, -0.15) is 0 Å². The molecule has 0 spiro atoms. The van der Waals surface area contributed by atoms with Crippen LogP contribution in [-0.4, -0.2) is 41.1 Å². The summed E-state index contributed by atoms with van der Waals surface area (Å²) in [6.45, 7) is 10.3. The van der Waals surface area contributed by atoms with Gasteiger partial charge in [0.1, 0.15) is 0 Å². The Morgan fingerprint density at radius 1 is 0.920 bits per heavy atom. The van der Waals surface area contributed by atoms with E-state index in [0.717, 1.165) is 24.6 Å². The molecule has 0 aliphatic rings. The van der Waals surface area contributed by atoms with Crippen LogP contribution in [0.5, 0.6) is 0 Å². The average Bonchev–Trinajstić information content (AvgIpc) is 2.61. The molecule has 0 unspecified atom stereocenters. The molecule has 0 saturated heterocycles. The first-order chi connectivity index (χ1) is 12.1. The molecule has 1 amide bonds. The van der Waals surface area contributed by atoms with Crippen LogP contribution >= 0.6 is 0 Å². The fourth-order valence-corrected chi connectivity index (χ4v) is 5.55. The van der Waals surface area contributed by atoms with Gasteiger partial charge in [0.05, 0.1) is 0 Å². The molecule has 0 radical (unpaired) electrons. The molecule has 0 aromatic heterocycles. The zero-order valence-corrected chi connectivity index (χ0v) is 17.1. The normalized spacial score (nSPS) is 11.5. The number of anilines is 1. The molecule has 25 heavy (non-hydrogen) atoms. The third-order valence-corrected chi connectivity index (χ3v) is 7.05. The van der Waals surface area contributed by atoms with E-state index >= 15 is 0 Å². The molecule has 0 aliphatic heterocycles. The Kier molecular flexibility index (Phi) is 10.6. The maximum absolute atomic E-state index is 12.5. The number of para-hydroxylation sites is 1. The number of hydrogen-bond acceptors (Lipinski definition) is 4. The van der Waals surface area contributed by atoms with Crippen molar-refractivity contribution >= 4 is 20.4 Å². The maximum atomic E-state index is 12.5. The van der Waals surface area contributed by atoms with Crippen molar-refractivity contribution in [1.82, 2.24) is 0 Å². The van der Waals surface area contributed by atoms with Gasteiger partial charge in [-0.25, -0.2) is 0 Å². The van der Waals surface area contributed by atoms with E-state index in [4.69, 9.17) is 13.3 Å². The molecule has 0 heterocycles. The Morgan fingerprint density at radius 3 is 1.96 bits per heavy atom. The van der Waals surface area contributed by atoms with Crippen molar-refractivity contribution < 1.29 is 18.1 Å². The molecule has 0 saturated carbocycles. The molecule has 0 aliphatic carbocycles. The number of unbranched alkanes of at least 4 members (excludes halogenated alkanes) is 1. The zero-order valence-electron chi connectivity index (χ0n) is 16.1. The molecule has 0 bridgehead atoms. The van der Waals surface area contributed by atoms with Crippen LogP contribution in [0.3, 0.4) is 0 Å². The largest absolute Gasteiger partial charge is 0.500 e. The highest BCUT2D eigenvalue weighted by atomic mass is 28.4. The van der Waals surface area contributed by atoms with Crippen LogP contribution in [0.25, 0.3) is 0 Å². The molecule has 1 aromatic rings. The van der Waals surface area contributed by atoms with Crippen LogP contribution in [-0.2, 0) is 18.1 Å². The van der Waals surface area contributed by atoms with Gasteiger partial charge in [0.25, 0.3) is 0 Å². The van der Waals surface area contributed by atoms with Crippen LogP contribution in [0, 0.1) is 0 Å². The molecule has 1 aromatic carbocycles. The van der Waals surface area contributed by atoms with Crippen LogP contribution in [0.2, 0.25) is 6.04 Å². The van der Waals surface area contributed by atoms with Gasteiger partial charge in [0, 0.05) is 44.5 Å². The second-order valence-electron chi connectivity index (χ2n) is 5.66. The van der Waals surface area contributed by atoms with Crippen molar-refractivity contribution in [2.45, 2.75) is 53.0 Å². The van der Waals surface area contributed by atoms with Crippen molar-refractivity contribution in [2.24, 2.45) is 0 Å². The highest BCUT2D eigenvalue weighted by Gasteiger charge is 2.39. The van der Waals surface area contributed by atoms with E-state index in [1.165, 1.54) is 0 Å². The molecular formula is C19H33NO4Si. The number of rotatable bonds is 13. The van der Waals surface area contributed by atoms with Crippen molar-refractivity contribution in [3.8, 4) is 0 Å². The predicted molar refractivity (Wildman–Crippen MR) is 104 cm³/mol. The van der Waals surface area contributed by atoms with E-state index < -0.39 is 8.80 Å². The quantitative estimate of drug-likeness (QED) is 0.386. The number of carbonyl (C=O) groups is 1. The first-order valence-electron chi connectivity index (χ1n) is 9.39. The standard InChI is InChI=1S/C19H33NO4Si/c1-5-20(18-14-10-9-11-15-18)19(21)16-12-13-17-25(22-6-2,23-7-3)24-8-4/h9-11,14-15H,5-8,12-13,16-17H2,1-4H3. The van der Waals surface area contributed by atoms with Gasteiger partial charge in [-0.15, -0.1) is 0 Å². The van der Waals surface area contributed by atoms with E-state index in [2.05, 4.69) is 0 Å². The lowest BCUT2D eigenvalue weighted by atomic mass is 10.2. The second-order valence-corrected chi connectivity index (χ2v) is 8.39. The SMILES string of the molecule is CCO[Si](CCCCC(=O)N(CC)c1ccccc1)(OCC)OCC. The van der Waals surface area contributed by atoms with Crippen LogP contribution in [0.4, 0.5) is 5.69 Å². The lowest BCUT2D eigenvalue weighted by Gasteiger charge is -2.28. The van der Waals surface area contributed by atoms with Crippen molar-refractivity contribution in [1.29, 1.82) is 0 Å². The number of nitrogens with zero attached hydrogens (tertiary/aromatic N) is 1. The number of hydrogen-bond donors (Lipinski definition) is 0. The minimum Gasteiger partial charge on any atom is -0.374 e. The van der Waals surface area contributed by atoms with Gasteiger partial charge in [0.2, 0.25) is 5.91 Å². The molecule has 0 N–H and O–H groups in total. The summed E-state index contributed by atoms with van der Waals surface area (Å²) in [4.78, 5) is 14.4. The summed E-state index contributed by atoms with van der Waals surface area (Å²) in [6, 6.07) is 10.6. The fourth-order valence-electron chi connectivity index (χ4n) is 2.86. The van der Waals surface area contributed by atoms with Gasteiger partial charge in [-0.05, 0) is 52.7 Å². The Labute approximate surface area is 153 Å². The van der Waals surface area contributed by atoms with Gasteiger partial charge >= 0.3 is 8.80 Å². The Bertz CT molecular complexity index is 467. The van der Waals surface area contributed by atoms with E-state index in [9.17, 15) is 4.79 Å². The van der Waals surface area contributed by atoms with E-state index in [-0.39, 0.29) is 5.91 Å². The summed E-state index contributed by atoms with van der Waals surface area (Å²) in [5.41, 5.74) is 0.955. The third kappa shape index (κ3) is 7.28. The smallest absolute Gasteiger partial charge is 0.374 e. The highest BCUT2D eigenvalue weighted by molar-refractivity contribution is 6.60. The van der Waals surface area contributed by atoms with E-state index in [1.54, 1.807) is 0 Å². The van der Waals surface area contributed by atoms with Gasteiger partial charge < -0.3 is 18.2 Å². The fraction of sp³-hybridized carbons (Fsp3) is 0.632. The van der Waals surface area contributed by atoms with Crippen LogP contribution < -0.4 is 4.90 Å². The first kappa shape index (κ1) is 21.8. The van der Waals surface area contributed by atoms with Gasteiger partial charge in [0.15, 0.2) is 0 Å². The summed E-state index contributed by atoms with van der Waals surface area (Å²) < 4.78 is 17.6. The zero-order chi connectivity index (χ0) is 18.5. The minimum atomic E-state index is -2.59. The molecule has 6 heteroatoms. The van der Waals surface area contributed by atoms with E-state index in [0.29, 0.717) is 32.8 Å². The summed E-state index contributed by atoms with van der Waals surface area (Å²) in [5.74, 6) is 0.158. The Balaban J connectivity index is 2.52. The Hall–Kier alpha value is -1.21. The summed E-state index contributed by atoms with van der Waals surface area (Å²) in [5, 5.41) is 0. The lowest BCUT2D eigenvalue weighted by Crippen LogP contribution is -2.45. The predicted octanol–water partition coefficient (Wildman–Crippen LogP) is 4.26. The summed E-state index contributed by atoms with van der Waals surface area (Å²) in [6.07, 6.45) is 2.20. The van der Waals surface area contributed by atoms with E-state index in [1.807, 2.05) is 62.9 Å². The van der Waals surface area contributed by atoms with Crippen LogP contribution in [0.15, 0.2) is 30.3 Å². The first-order valence-corrected chi connectivity index (χ1v) is 11.3. The van der Waals surface area contributed by atoms with Gasteiger partial charge in [-0.3, -0.25) is 4.79 Å². The van der Waals surface area contributed by atoms with Gasteiger partial charge in [-0.1, -0.05) is 18.2 Å².